The third-order valence-corrected chi connectivity index (χ3v) is 11.1. The molecule has 1 fully saturated rings. The number of aromatic nitrogens is 3. The zero-order valence-corrected chi connectivity index (χ0v) is 18.8. The highest BCUT2D eigenvalue weighted by atomic mass is 127. The van der Waals surface area contributed by atoms with Crippen LogP contribution in [0.5, 0.6) is 0 Å². The van der Waals surface area contributed by atoms with Crippen LogP contribution in [-0.4, -0.2) is 29.3 Å². The summed E-state index contributed by atoms with van der Waals surface area (Å²) < 4.78 is 9.41. The van der Waals surface area contributed by atoms with Gasteiger partial charge in [-0.15, -0.1) is 0 Å². The molecule has 0 saturated heterocycles. The second-order valence-electron chi connectivity index (χ2n) is 8.30. The maximum atomic E-state index is 6.37. The van der Waals surface area contributed by atoms with E-state index in [2.05, 4.69) is 65.8 Å². The van der Waals surface area contributed by atoms with Gasteiger partial charge in [-0.05, 0) is 59.5 Å². The average Bonchev–Trinajstić information content (AvgIpc) is 2.74. The summed E-state index contributed by atoms with van der Waals surface area (Å²) in [7, 11) is -1.65. The fraction of sp³-hybridized carbons (Fsp3) is 0.647. The SMILES string of the molecule is CC(C)(C)[Si](C)(C)OC[C@H]1C[C@@H](c2nc(I)c3c(Cl)nccn32)C1. The lowest BCUT2D eigenvalue weighted by atomic mass is 9.75. The number of imidazole rings is 1. The van der Waals surface area contributed by atoms with Crippen molar-refractivity contribution in [2.75, 3.05) is 6.61 Å². The van der Waals surface area contributed by atoms with Gasteiger partial charge in [0, 0.05) is 24.9 Å². The highest BCUT2D eigenvalue weighted by molar-refractivity contribution is 14.1. The van der Waals surface area contributed by atoms with E-state index < -0.39 is 8.32 Å². The Bertz CT molecular complexity index is 750. The number of hydrogen-bond donors (Lipinski definition) is 0. The monoisotopic (exact) mass is 477 g/mol. The van der Waals surface area contributed by atoms with Crippen molar-refractivity contribution in [3.8, 4) is 0 Å². The zero-order chi connectivity index (χ0) is 17.7. The quantitative estimate of drug-likeness (QED) is 0.431. The van der Waals surface area contributed by atoms with E-state index in [9.17, 15) is 0 Å². The van der Waals surface area contributed by atoms with Crippen LogP contribution in [0.3, 0.4) is 0 Å². The van der Waals surface area contributed by atoms with Gasteiger partial charge in [0.25, 0.3) is 0 Å². The molecular formula is C17H25ClIN3OSi. The van der Waals surface area contributed by atoms with Gasteiger partial charge in [0.15, 0.2) is 13.5 Å². The van der Waals surface area contributed by atoms with Crippen molar-refractivity contribution in [1.29, 1.82) is 0 Å². The molecule has 2 aromatic rings. The summed E-state index contributed by atoms with van der Waals surface area (Å²) in [5.41, 5.74) is 0.927. The molecule has 24 heavy (non-hydrogen) atoms. The second kappa shape index (κ2) is 6.52. The molecule has 0 amide bonds. The fourth-order valence-electron chi connectivity index (χ4n) is 2.90. The summed E-state index contributed by atoms with van der Waals surface area (Å²) in [6.45, 7) is 12.4. The zero-order valence-electron chi connectivity index (χ0n) is 14.9. The molecule has 132 valence electrons. The van der Waals surface area contributed by atoms with Crippen molar-refractivity contribution in [3.63, 3.8) is 0 Å². The minimum atomic E-state index is -1.65. The lowest BCUT2D eigenvalue weighted by Crippen LogP contribution is -2.43. The highest BCUT2D eigenvalue weighted by Crippen LogP contribution is 2.44. The summed E-state index contributed by atoms with van der Waals surface area (Å²) >= 11 is 8.46. The molecule has 3 rings (SSSR count). The van der Waals surface area contributed by atoms with Crippen LogP contribution in [-0.2, 0) is 4.43 Å². The summed E-state index contributed by atoms with van der Waals surface area (Å²) in [6, 6.07) is 0. The van der Waals surface area contributed by atoms with Crippen molar-refractivity contribution < 1.29 is 4.43 Å². The standard InChI is InChI=1S/C17H25ClIN3OSi/c1-17(2,3)24(4,5)23-10-11-8-12(9-11)16-21-15(19)13-14(18)20-6-7-22(13)16/h6-7,11-12H,8-10H2,1-5H3/t11-,12+. The first-order chi connectivity index (χ1) is 11.1. The molecule has 7 heteroatoms. The van der Waals surface area contributed by atoms with E-state index in [0.717, 1.165) is 34.5 Å². The Hall–Kier alpha value is -0.183. The summed E-state index contributed by atoms with van der Waals surface area (Å²) in [5, 5.41) is 0.799. The second-order valence-corrected chi connectivity index (χ2v) is 14.5. The first-order valence-electron chi connectivity index (χ1n) is 8.42. The van der Waals surface area contributed by atoms with Gasteiger partial charge in [-0.3, -0.25) is 4.40 Å². The van der Waals surface area contributed by atoms with Gasteiger partial charge in [-0.25, -0.2) is 9.97 Å². The molecule has 1 saturated carbocycles. The Morgan fingerprint density at radius 2 is 2.04 bits per heavy atom. The van der Waals surface area contributed by atoms with Crippen LogP contribution >= 0.6 is 34.2 Å². The topological polar surface area (TPSA) is 39.4 Å². The van der Waals surface area contributed by atoms with Crippen LogP contribution in [0.2, 0.25) is 23.3 Å². The van der Waals surface area contributed by atoms with Crippen molar-refractivity contribution in [2.24, 2.45) is 5.92 Å². The van der Waals surface area contributed by atoms with E-state index in [1.165, 1.54) is 0 Å². The molecule has 4 nitrogen and oxygen atoms in total. The third-order valence-electron chi connectivity index (χ3n) is 5.58. The van der Waals surface area contributed by atoms with Gasteiger partial charge in [0.1, 0.15) is 15.0 Å². The van der Waals surface area contributed by atoms with E-state index in [0.29, 0.717) is 17.0 Å². The van der Waals surface area contributed by atoms with Gasteiger partial charge >= 0.3 is 0 Å². The van der Waals surface area contributed by atoms with Crippen LogP contribution in [0, 0.1) is 9.62 Å². The summed E-state index contributed by atoms with van der Waals surface area (Å²) in [4.78, 5) is 8.91. The third kappa shape index (κ3) is 3.39. The van der Waals surface area contributed by atoms with Crippen molar-refractivity contribution in [2.45, 2.75) is 57.7 Å². The number of fused-ring (bicyclic) bond motifs is 1. The molecule has 0 aromatic carbocycles. The maximum Gasteiger partial charge on any atom is 0.191 e. The van der Waals surface area contributed by atoms with E-state index in [1.54, 1.807) is 6.20 Å². The van der Waals surface area contributed by atoms with Gasteiger partial charge in [-0.2, -0.15) is 0 Å². The molecule has 0 radical (unpaired) electrons. The van der Waals surface area contributed by atoms with E-state index in [4.69, 9.17) is 21.0 Å². The fourth-order valence-corrected chi connectivity index (χ4v) is 5.14. The summed E-state index contributed by atoms with van der Waals surface area (Å²) in [5.74, 6) is 2.25. The molecule has 0 bridgehead atoms. The Kier molecular flexibility index (Phi) is 5.05. The number of halogens is 2. The smallest absolute Gasteiger partial charge is 0.191 e. The van der Waals surface area contributed by atoms with Crippen LogP contribution in [0.1, 0.15) is 45.4 Å². The normalized spacial score (nSPS) is 22.0. The van der Waals surface area contributed by atoms with E-state index in [-0.39, 0.29) is 5.04 Å². The largest absolute Gasteiger partial charge is 0.417 e. The summed E-state index contributed by atoms with van der Waals surface area (Å²) in [6.07, 6.45) is 5.99. The average molecular weight is 478 g/mol. The van der Waals surface area contributed by atoms with Gasteiger partial charge in [0.05, 0.1) is 0 Å². The molecule has 0 unspecified atom stereocenters. The molecular weight excluding hydrogens is 453 g/mol. The number of rotatable bonds is 4. The van der Waals surface area contributed by atoms with Crippen LogP contribution < -0.4 is 0 Å². The van der Waals surface area contributed by atoms with Crippen molar-refractivity contribution >= 4 is 48.0 Å². The van der Waals surface area contributed by atoms with E-state index in [1.807, 2.05) is 6.20 Å². The predicted octanol–water partition coefficient (Wildman–Crippen LogP) is 5.50. The Balaban J connectivity index is 1.65. The first-order valence-corrected chi connectivity index (χ1v) is 12.8. The van der Waals surface area contributed by atoms with Crippen molar-refractivity contribution in [1.82, 2.24) is 14.4 Å². The lowest BCUT2D eigenvalue weighted by Gasteiger charge is -2.40. The van der Waals surface area contributed by atoms with Crippen molar-refractivity contribution in [3.05, 3.63) is 27.1 Å². The Labute approximate surface area is 163 Å². The van der Waals surface area contributed by atoms with Crippen LogP contribution in [0.25, 0.3) is 5.52 Å². The van der Waals surface area contributed by atoms with Gasteiger partial charge in [-0.1, -0.05) is 32.4 Å². The number of hydrogen-bond acceptors (Lipinski definition) is 3. The molecule has 0 spiro atoms. The minimum absolute atomic E-state index is 0.273. The predicted molar refractivity (Wildman–Crippen MR) is 109 cm³/mol. The molecule has 2 heterocycles. The molecule has 2 aromatic heterocycles. The van der Waals surface area contributed by atoms with E-state index >= 15 is 0 Å². The lowest BCUT2D eigenvalue weighted by molar-refractivity contribution is 0.143. The molecule has 1 aliphatic rings. The maximum absolute atomic E-state index is 6.37. The minimum Gasteiger partial charge on any atom is -0.417 e. The van der Waals surface area contributed by atoms with Gasteiger partial charge < -0.3 is 4.43 Å². The molecule has 1 aliphatic carbocycles. The molecule has 0 atom stereocenters. The molecule has 0 aliphatic heterocycles. The number of nitrogens with zero attached hydrogens (tertiary/aromatic N) is 3. The Morgan fingerprint density at radius 3 is 2.67 bits per heavy atom. The Morgan fingerprint density at radius 1 is 1.38 bits per heavy atom. The first kappa shape index (κ1) is 18.6. The van der Waals surface area contributed by atoms with Crippen LogP contribution in [0.15, 0.2) is 12.4 Å². The van der Waals surface area contributed by atoms with Crippen LogP contribution in [0.4, 0.5) is 0 Å². The highest BCUT2D eigenvalue weighted by Gasteiger charge is 2.40. The van der Waals surface area contributed by atoms with Gasteiger partial charge in [0.2, 0.25) is 0 Å². The molecule has 0 N–H and O–H groups in total.